The van der Waals surface area contributed by atoms with Crippen LogP contribution in [0.5, 0.6) is 0 Å². The van der Waals surface area contributed by atoms with E-state index >= 15 is 0 Å². The van der Waals surface area contributed by atoms with Crippen LogP contribution in [0.25, 0.3) is 0 Å². The van der Waals surface area contributed by atoms with Gasteiger partial charge in [0.15, 0.2) is 0 Å². The van der Waals surface area contributed by atoms with Gasteiger partial charge in [-0.2, -0.15) is 0 Å². The first kappa shape index (κ1) is 30.4. The molecule has 0 fully saturated rings. The Balaban J connectivity index is 4.93. The molecule has 0 aliphatic carbocycles. The van der Waals surface area contributed by atoms with Crippen LogP contribution >= 0.6 is 0 Å². The maximum atomic E-state index is 6.69. The monoisotopic (exact) mass is 534 g/mol. The van der Waals surface area contributed by atoms with Crippen LogP contribution in [-0.4, -0.2) is 49.6 Å². The predicted octanol–water partition coefficient (Wildman–Crippen LogP) is 8.30. The summed E-state index contributed by atoms with van der Waals surface area (Å²) < 4.78 is 22.9. The van der Waals surface area contributed by atoms with Crippen LogP contribution in [0.4, 0.5) is 0 Å². The average molecular weight is 533 g/mol. The van der Waals surface area contributed by atoms with Gasteiger partial charge >= 0.3 is 194 Å². The molecule has 180 valence electrons. The van der Waals surface area contributed by atoms with Gasteiger partial charge in [0.25, 0.3) is 0 Å². The summed E-state index contributed by atoms with van der Waals surface area (Å²) in [5.41, 5.74) is 0. The van der Waals surface area contributed by atoms with Crippen molar-refractivity contribution in [3.63, 3.8) is 0 Å². The Kier molecular flexibility index (Phi) is 22.9. The van der Waals surface area contributed by atoms with E-state index < -0.39 is 18.4 Å². The molecule has 1 unspecified atom stereocenters. The van der Waals surface area contributed by atoms with Crippen LogP contribution in [-0.2, 0) is 14.2 Å². The fourth-order valence-electron chi connectivity index (χ4n) is 4.04. The summed E-state index contributed by atoms with van der Waals surface area (Å²) >= 11 is -2.24. The Morgan fingerprint density at radius 2 is 1.37 bits per heavy atom. The number of unbranched alkanes of at least 4 members (excludes halogenated alkanes) is 7. The van der Waals surface area contributed by atoms with E-state index in [1.807, 2.05) is 0 Å². The van der Waals surface area contributed by atoms with Crippen LogP contribution < -0.4 is 0 Å². The number of methoxy groups -OCH3 is 1. The zero-order chi connectivity index (χ0) is 22.3. The van der Waals surface area contributed by atoms with E-state index in [9.17, 15) is 0 Å². The molecular weight excluding hydrogens is 479 g/mol. The van der Waals surface area contributed by atoms with Crippen molar-refractivity contribution in [3.8, 4) is 0 Å². The van der Waals surface area contributed by atoms with Gasteiger partial charge in [-0.15, -0.1) is 0 Å². The van der Waals surface area contributed by atoms with Crippen LogP contribution in [0.1, 0.15) is 105 Å². The van der Waals surface area contributed by atoms with Gasteiger partial charge < -0.3 is 0 Å². The molecule has 0 amide bonds. The number of rotatable bonds is 23. The molecule has 0 aliphatic rings. The van der Waals surface area contributed by atoms with Crippen LogP contribution in [0.15, 0.2) is 12.2 Å². The predicted molar refractivity (Wildman–Crippen MR) is 135 cm³/mol. The molecule has 0 spiro atoms. The fraction of sp³-hybridized carbons (Fsp3) is 0.923. The third kappa shape index (κ3) is 17.0. The third-order valence-electron chi connectivity index (χ3n) is 6.11. The molecule has 0 saturated heterocycles. The molecule has 3 nitrogen and oxygen atoms in total. The van der Waals surface area contributed by atoms with Crippen molar-refractivity contribution in [2.45, 2.75) is 124 Å². The Morgan fingerprint density at radius 1 is 0.767 bits per heavy atom. The van der Waals surface area contributed by atoms with E-state index in [2.05, 4.69) is 39.8 Å². The topological polar surface area (TPSA) is 27.7 Å². The van der Waals surface area contributed by atoms with E-state index in [-0.39, 0.29) is 6.10 Å². The van der Waals surface area contributed by atoms with E-state index in [1.54, 1.807) is 7.11 Å². The van der Waals surface area contributed by atoms with Crippen molar-refractivity contribution in [3.05, 3.63) is 12.2 Å². The first-order valence-corrected chi connectivity index (χ1v) is 21.1. The van der Waals surface area contributed by atoms with Gasteiger partial charge in [0.2, 0.25) is 0 Å². The van der Waals surface area contributed by atoms with Crippen LogP contribution in [0.2, 0.25) is 13.3 Å². The number of hydrogen-bond acceptors (Lipinski definition) is 3. The fourth-order valence-corrected chi connectivity index (χ4v) is 18.5. The maximum absolute atomic E-state index is 6.69. The van der Waals surface area contributed by atoms with Crippen molar-refractivity contribution in [2.75, 3.05) is 25.1 Å². The second-order valence-electron chi connectivity index (χ2n) is 9.04. The van der Waals surface area contributed by atoms with Crippen molar-refractivity contribution in [1.82, 2.24) is 0 Å². The van der Waals surface area contributed by atoms with Crippen LogP contribution in [0.3, 0.4) is 0 Å². The van der Waals surface area contributed by atoms with E-state index in [4.69, 9.17) is 14.2 Å². The molecular formula is C26H54O3Sn. The second-order valence-corrected chi connectivity index (χ2v) is 22.7. The molecule has 0 radical (unpaired) electrons. The summed E-state index contributed by atoms with van der Waals surface area (Å²) in [6.45, 7) is 10.4. The second kappa shape index (κ2) is 22.6. The Labute approximate surface area is 193 Å². The Hall–Kier alpha value is 0.419. The van der Waals surface area contributed by atoms with E-state index in [1.165, 1.54) is 83.9 Å². The molecule has 0 aliphatic heterocycles. The minimum absolute atomic E-state index is 0.203. The van der Waals surface area contributed by atoms with Gasteiger partial charge in [0.05, 0.1) is 0 Å². The molecule has 0 rings (SSSR count). The summed E-state index contributed by atoms with van der Waals surface area (Å²) in [6.07, 6.45) is 20.5. The standard InChI is InChI=1S/C14H27O3.3C4H9.Sn/c1-4-5-6-7-8-9-10-14(16-3)11-12-17-13-15-2;3*1-3-4-2;/h9-10,14H,3-8,11-13H2,1-2H3;3*1,3-4H2,2H3;/b10-9+;;;;. The number of allylic oxidation sites excluding steroid dienone is 1. The Bertz CT molecular complexity index is 352. The van der Waals surface area contributed by atoms with Gasteiger partial charge in [-0.25, -0.2) is 0 Å². The van der Waals surface area contributed by atoms with Gasteiger partial charge in [0, 0.05) is 0 Å². The molecule has 0 heterocycles. The summed E-state index contributed by atoms with van der Waals surface area (Å²) in [4.78, 5) is 0. The summed E-state index contributed by atoms with van der Waals surface area (Å²) in [5.74, 6) is 0. The Morgan fingerprint density at radius 3 is 1.90 bits per heavy atom. The van der Waals surface area contributed by atoms with Crippen LogP contribution in [0, 0.1) is 0 Å². The first-order chi connectivity index (χ1) is 14.7. The van der Waals surface area contributed by atoms with Crippen molar-refractivity contribution >= 4 is 18.4 Å². The first-order valence-electron chi connectivity index (χ1n) is 13.0. The molecule has 30 heavy (non-hydrogen) atoms. The number of ether oxygens (including phenoxy) is 3. The van der Waals surface area contributed by atoms with Crippen molar-refractivity contribution in [2.24, 2.45) is 0 Å². The summed E-state index contributed by atoms with van der Waals surface area (Å²) in [6, 6.07) is 0. The molecule has 0 bridgehead atoms. The van der Waals surface area contributed by atoms with Crippen molar-refractivity contribution in [1.29, 1.82) is 0 Å². The minimum atomic E-state index is -2.24. The zero-order valence-corrected chi connectivity index (χ0v) is 24.0. The molecule has 0 saturated carbocycles. The van der Waals surface area contributed by atoms with Crippen molar-refractivity contribution < 1.29 is 14.2 Å². The van der Waals surface area contributed by atoms with Gasteiger partial charge in [-0.1, -0.05) is 0 Å². The average Bonchev–Trinajstić information content (AvgIpc) is 2.77. The molecule has 4 heteroatoms. The molecule has 1 atom stereocenters. The summed E-state index contributed by atoms with van der Waals surface area (Å²) in [7, 11) is 1.68. The quantitative estimate of drug-likeness (QED) is 0.0573. The number of hydrogen-bond donors (Lipinski definition) is 0. The van der Waals surface area contributed by atoms with Gasteiger partial charge in [-0.3, -0.25) is 0 Å². The molecule has 0 aromatic carbocycles. The van der Waals surface area contributed by atoms with Gasteiger partial charge in [-0.05, 0) is 0 Å². The molecule has 0 aromatic rings. The van der Waals surface area contributed by atoms with E-state index in [0.29, 0.717) is 13.4 Å². The third-order valence-corrected chi connectivity index (χ3v) is 20.4. The molecule has 0 N–H and O–H groups in total. The molecule has 0 aromatic heterocycles. The van der Waals surface area contributed by atoms with Gasteiger partial charge in [0.1, 0.15) is 0 Å². The normalized spacial score (nSPS) is 13.4. The van der Waals surface area contributed by atoms with E-state index in [0.717, 1.165) is 11.0 Å². The zero-order valence-electron chi connectivity index (χ0n) is 21.2. The summed E-state index contributed by atoms with van der Waals surface area (Å²) in [5, 5.41) is 0. The SMILES string of the molecule is CCCCCC/C=C/C(CCOCOC)O[CH2][Sn]([CH2]CCC)([CH2]CCC)[CH2]CCC.